The number of likely N-dealkylation sites (tertiary alicyclic amines) is 1. The number of pyridine rings is 1. The standard InChI is InChI=1S/C16H26N4O/c1-3-17-15-4-7-18-16(10-15)12-20-8-5-14(6-9-20)11-19-13(2)21/h4,7,10,14H,3,5-6,8-9,11-12H2,1-2H3,(H,17,18)(H,19,21). The zero-order valence-corrected chi connectivity index (χ0v) is 13.1. The fourth-order valence-electron chi connectivity index (χ4n) is 2.74. The van der Waals surface area contributed by atoms with E-state index in [2.05, 4.69) is 33.5 Å². The van der Waals surface area contributed by atoms with Gasteiger partial charge in [-0.05, 0) is 50.9 Å². The van der Waals surface area contributed by atoms with Gasteiger partial charge in [-0.1, -0.05) is 0 Å². The highest BCUT2D eigenvalue weighted by molar-refractivity contribution is 5.72. The lowest BCUT2D eigenvalue weighted by Crippen LogP contribution is -2.37. The van der Waals surface area contributed by atoms with Crippen LogP contribution in [0.15, 0.2) is 18.3 Å². The monoisotopic (exact) mass is 290 g/mol. The predicted molar refractivity (Wildman–Crippen MR) is 85.1 cm³/mol. The van der Waals surface area contributed by atoms with E-state index >= 15 is 0 Å². The highest BCUT2D eigenvalue weighted by Gasteiger charge is 2.19. The van der Waals surface area contributed by atoms with Crippen molar-refractivity contribution in [2.24, 2.45) is 5.92 Å². The first-order valence-electron chi connectivity index (χ1n) is 7.83. The Kier molecular flexibility index (Phi) is 5.99. The maximum Gasteiger partial charge on any atom is 0.216 e. The number of nitrogens with zero attached hydrogens (tertiary/aromatic N) is 2. The first-order chi connectivity index (χ1) is 10.2. The van der Waals surface area contributed by atoms with Crippen molar-refractivity contribution in [2.75, 3.05) is 31.5 Å². The number of hydrogen-bond donors (Lipinski definition) is 2. The second-order valence-corrected chi connectivity index (χ2v) is 5.72. The number of amides is 1. The Labute approximate surface area is 127 Å². The summed E-state index contributed by atoms with van der Waals surface area (Å²) in [5.74, 6) is 0.688. The number of nitrogens with one attached hydrogen (secondary N) is 2. The minimum absolute atomic E-state index is 0.0712. The summed E-state index contributed by atoms with van der Waals surface area (Å²) in [5.41, 5.74) is 2.26. The second-order valence-electron chi connectivity index (χ2n) is 5.72. The Morgan fingerprint density at radius 2 is 2.19 bits per heavy atom. The number of rotatable bonds is 6. The summed E-state index contributed by atoms with van der Waals surface area (Å²) in [6.07, 6.45) is 4.16. The molecule has 1 fully saturated rings. The van der Waals surface area contributed by atoms with Crippen molar-refractivity contribution < 1.29 is 4.79 Å². The average molecular weight is 290 g/mol. The molecule has 1 aromatic rings. The van der Waals surface area contributed by atoms with Crippen LogP contribution in [0.5, 0.6) is 0 Å². The summed E-state index contributed by atoms with van der Waals surface area (Å²) < 4.78 is 0. The van der Waals surface area contributed by atoms with Crippen LogP contribution in [0.3, 0.4) is 0 Å². The van der Waals surface area contributed by atoms with E-state index in [0.29, 0.717) is 5.92 Å². The van der Waals surface area contributed by atoms with Gasteiger partial charge in [-0.25, -0.2) is 0 Å². The van der Waals surface area contributed by atoms with Crippen molar-refractivity contribution in [3.63, 3.8) is 0 Å². The summed E-state index contributed by atoms with van der Waals surface area (Å²) in [6.45, 7) is 8.49. The first kappa shape index (κ1) is 15.8. The van der Waals surface area contributed by atoms with Crippen LogP contribution in [0.4, 0.5) is 5.69 Å². The smallest absolute Gasteiger partial charge is 0.216 e. The molecule has 1 aromatic heterocycles. The van der Waals surface area contributed by atoms with Crippen molar-refractivity contribution in [2.45, 2.75) is 33.2 Å². The Balaban J connectivity index is 1.78. The van der Waals surface area contributed by atoms with Crippen LogP contribution in [-0.2, 0) is 11.3 Å². The number of piperidine rings is 1. The van der Waals surface area contributed by atoms with Crippen LogP contribution in [0.1, 0.15) is 32.4 Å². The summed E-state index contributed by atoms with van der Waals surface area (Å²) >= 11 is 0. The second kappa shape index (κ2) is 7.98. The molecule has 1 saturated heterocycles. The molecule has 0 aliphatic carbocycles. The van der Waals surface area contributed by atoms with Gasteiger partial charge in [-0.3, -0.25) is 14.7 Å². The zero-order chi connectivity index (χ0) is 15.1. The van der Waals surface area contributed by atoms with Gasteiger partial charge in [0.25, 0.3) is 0 Å². The number of carbonyl (C=O) groups is 1. The van der Waals surface area contributed by atoms with E-state index in [4.69, 9.17) is 0 Å². The lowest BCUT2D eigenvalue weighted by atomic mass is 9.96. The highest BCUT2D eigenvalue weighted by atomic mass is 16.1. The zero-order valence-electron chi connectivity index (χ0n) is 13.1. The molecule has 0 bridgehead atoms. The molecule has 5 heteroatoms. The molecule has 1 aliphatic heterocycles. The maximum absolute atomic E-state index is 10.9. The molecular weight excluding hydrogens is 264 g/mol. The van der Waals surface area contributed by atoms with Crippen LogP contribution in [0, 0.1) is 5.92 Å². The van der Waals surface area contributed by atoms with Gasteiger partial charge in [-0.15, -0.1) is 0 Å². The molecule has 0 radical (unpaired) electrons. The summed E-state index contributed by atoms with van der Waals surface area (Å²) in [7, 11) is 0. The Morgan fingerprint density at radius 3 is 2.86 bits per heavy atom. The first-order valence-corrected chi connectivity index (χ1v) is 7.83. The normalized spacial score (nSPS) is 16.7. The van der Waals surface area contributed by atoms with Gasteiger partial charge in [0, 0.05) is 38.4 Å². The van der Waals surface area contributed by atoms with E-state index in [0.717, 1.165) is 56.9 Å². The lowest BCUT2D eigenvalue weighted by Gasteiger charge is -2.31. The third kappa shape index (κ3) is 5.34. The molecule has 2 rings (SSSR count). The molecule has 2 N–H and O–H groups in total. The fraction of sp³-hybridized carbons (Fsp3) is 0.625. The van der Waals surface area contributed by atoms with Crippen LogP contribution >= 0.6 is 0 Å². The minimum Gasteiger partial charge on any atom is -0.385 e. The molecule has 5 nitrogen and oxygen atoms in total. The Hall–Kier alpha value is -1.62. The van der Waals surface area contributed by atoms with E-state index in [1.807, 2.05) is 12.3 Å². The molecule has 116 valence electrons. The van der Waals surface area contributed by atoms with E-state index in [1.165, 1.54) is 0 Å². The number of hydrogen-bond acceptors (Lipinski definition) is 4. The van der Waals surface area contributed by atoms with Crippen LogP contribution in [0.2, 0.25) is 0 Å². The van der Waals surface area contributed by atoms with Crippen LogP contribution in [-0.4, -0.2) is 42.0 Å². The maximum atomic E-state index is 10.9. The molecule has 1 amide bonds. The molecule has 0 saturated carbocycles. The van der Waals surface area contributed by atoms with Gasteiger partial charge in [-0.2, -0.15) is 0 Å². The van der Waals surface area contributed by atoms with E-state index in [1.54, 1.807) is 6.92 Å². The van der Waals surface area contributed by atoms with Gasteiger partial charge in [0.2, 0.25) is 5.91 Å². The molecule has 1 aliphatic rings. The molecular formula is C16H26N4O. The third-order valence-electron chi connectivity index (χ3n) is 3.93. The van der Waals surface area contributed by atoms with Gasteiger partial charge in [0.1, 0.15) is 0 Å². The number of anilines is 1. The van der Waals surface area contributed by atoms with Gasteiger partial charge >= 0.3 is 0 Å². The number of aromatic nitrogens is 1. The Morgan fingerprint density at radius 1 is 1.43 bits per heavy atom. The van der Waals surface area contributed by atoms with Gasteiger partial charge in [0.15, 0.2) is 0 Å². The van der Waals surface area contributed by atoms with Crippen molar-refractivity contribution in [1.82, 2.24) is 15.2 Å². The van der Waals surface area contributed by atoms with Crippen LogP contribution < -0.4 is 10.6 Å². The number of carbonyl (C=O) groups excluding carboxylic acids is 1. The van der Waals surface area contributed by atoms with E-state index in [-0.39, 0.29) is 5.91 Å². The quantitative estimate of drug-likeness (QED) is 0.839. The lowest BCUT2D eigenvalue weighted by molar-refractivity contribution is -0.119. The van der Waals surface area contributed by atoms with Crippen LogP contribution in [0.25, 0.3) is 0 Å². The Bertz CT molecular complexity index is 455. The molecule has 2 heterocycles. The average Bonchev–Trinajstić information content (AvgIpc) is 2.47. The highest BCUT2D eigenvalue weighted by Crippen LogP contribution is 2.18. The molecule has 0 aromatic carbocycles. The fourth-order valence-corrected chi connectivity index (χ4v) is 2.74. The molecule has 0 spiro atoms. The van der Waals surface area contributed by atoms with E-state index in [9.17, 15) is 4.79 Å². The van der Waals surface area contributed by atoms with E-state index < -0.39 is 0 Å². The van der Waals surface area contributed by atoms with Gasteiger partial charge in [0.05, 0.1) is 5.69 Å². The third-order valence-corrected chi connectivity index (χ3v) is 3.93. The molecule has 21 heavy (non-hydrogen) atoms. The summed E-state index contributed by atoms with van der Waals surface area (Å²) in [4.78, 5) is 17.8. The summed E-state index contributed by atoms with van der Waals surface area (Å²) in [5, 5.41) is 6.24. The molecule has 0 unspecified atom stereocenters. The van der Waals surface area contributed by atoms with Gasteiger partial charge < -0.3 is 10.6 Å². The van der Waals surface area contributed by atoms with Crippen molar-refractivity contribution >= 4 is 11.6 Å². The topological polar surface area (TPSA) is 57.3 Å². The van der Waals surface area contributed by atoms with Crippen molar-refractivity contribution in [3.05, 3.63) is 24.0 Å². The van der Waals surface area contributed by atoms with Crippen molar-refractivity contribution in [3.8, 4) is 0 Å². The summed E-state index contributed by atoms with van der Waals surface area (Å²) in [6, 6.07) is 4.14. The largest absolute Gasteiger partial charge is 0.385 e. The minimum atomic E-state index is 0.0712. The SMILES string of the molecule is CCNc1ccnc(CN2CCC(CNC(C)=O)CC2)c1. The van der Waals surface area contributed by atoms with Crippen molar-refractivity contribution in [1.29, 1.82) is 0 Å². The predicted octanol–water partition coefficient (Wildman–Crippen LogP) is 1.86. The molecule has 0 atom stereocenters.